The number of rotatable bonds is 5. The first-order valence-electron chi connectivity index (χ1n) is 5.54. The van der Waals surface area contributed by atoms with Crippen LogP contribution in [0.3, 0.4) is 0 Å². The second kappa shape index (κ2) is 6.12. The average molecular weight is 229 g/mol. The lowest BCUT2D eigenvalue weighted by molar-refractivity contribution is 0.421. The summed E-state index contributed by atoms with van der Waals surface area (Å²) in [5, 5.41) is 0. The summed E-state index contributed by atoms with van der Waals surface area (Å²) in [6, 6.07) is 6.72. The van der Waals surface area contributed by atoms with E-state index in [9.17, 15) is 4.39 Å². The topological polar surface area (TPSA) is 0 Å². The Kier molecular flexibility index (Phi) is 5.10. The molecule has 0 aliphatic rings. The van der Waals surface area contributed by atoms with Crippen molar-refractivity contribution in [2.24, 2.45) is 5.92 Å². The van der Waals surface area contributed by atoms with Gasteiger partial charge in [0.2, 0.25) is 0 Å². The summed E-state index contributed by atoms with van der Waals surface area (Å²) in [5.74, 6) is 1.37. The largest absolute Gasteiger partial charge is 0.207 e. The molecule has 1 aromatic rings. The summed E-state index contributed by atoms with van der Waals surface area (Å²) in [5.41, 5.74) is 1.15. The summed E-state index contributed by atoms with van der Waals surface area (Å²) >= 11 is 6.00. The van der Waals surface area contributed by atoms with Gasteiger partial charge in [-0.3, -0.25) is 0 Å². The molecule has 0 aliphatic carbocycles. The molecule has 0 saturated heterocycles. The maximum atomic E-state index is 12.8. The quantitative estimate of drug-likeness (QED) is 0.647. The Morgan fingerprint density at radius 3 is 2.07 bits per heavy atom. The van der Waals surface area contributed by atoms with Crippen LogP contribution in [0.1, 0.15) is 38.2 Å². The van der Waals surface area contributed by atoms with Crippen molar-refractivity contribution in [2.75, 3.05) is 5.88 Å². The molecule has 0 heterocycles. The van der Waals surface area contributed by atoms with Gasteiger partial charge in [0.1, 0.15) is 5.82 Å². The summed E-state index contributed by atoms with van der Waals surface area (Å²) < 4.78 is 12.8. The van der Waals surface area contributed by atoms with Gasteiger partial charge < -0.3 is 0 Å². The molecule has 1 aromatic carbocycles. The van der Waals surface area contributed by atoms with Crippen LogP contribution in [0.4, 0.5) is 4.39 Å². The fraction of sp³-hybridized carbons (Fsp3) is 0.538. The Morgan fingerprint density at radius 1 is 1.13 bits per heavy atom. The first-order valence-corrected chi connectivity index (χ1v) is 6.07. The highest BCUT2D eigenvalue weighted by Gasteiger charge is 2.19. The highest BCUT2D eigenvalue weighted by Crippen LogP contribution is 2.30. The lowest BCUT2D eigenvalue weighted by Crippen LogP contribution is -2.13. The molecule has 0 nitrogen and oxygen atoms in total. The van der Waals surface area contributed by atoms with Crippen LogP contribution in [-0.2, 0) is 0 Å². The molecule has 0 aliphatic heterocycles. The SMILES string of the molecule is CCC(CC)C(CCl)c1ccc(F)cc1. The van der Waals surface area contributed by atoms with Crippen molar-refractivity contribution in [3.05, 3.63) is 35.6 Å². The lowest BCUT2D eigenvalue weighted by atomic mass is 9.84. The van der Waals surface area contributed by atoms with Gasteiger partial charge in [-0.1, -0.05) is 38.8 Å². The van der Waals surface area contributed by atoms with Crippen LogP contribution < -0.4 is 0 Å². The second-order valence-electron chi connectivity index (χ2n) is 3.89. The highest BCUT2D eigenvalue weighted by atomic mass is 35.5. The molecular formula is C13H18ClF. The first kappa shape index (κ1) is 12.5. The van der Waals surface area contributed by atoms with Crippen molar-refractivity contribution in [3.8, 4) is 0 Å². The number of hydrogen-bond donors (Lipinski definition) is 0. The van der Waals surface area contributed by atoms with E-state index >= 15 is 0 Å². The highest BCUT2D eigenvalue weighted by molar-refractivity contribution is 6.18. The zero-order valence-electron chi connectivity index (χ0n) is 9.34. The maximum absolute atomic E-state index is 12.8. The molecule has 0 saturated carbocycles. The third kappa shape index (κ3) is 3.20. The van der Waals surface area contributed by atoms with Crippen molar-refractivity contribution in [3.63, 3.8) is 0 Å². The van der Waals surface area contributed by atoms with E-state index in [4.69, 9.17) is 11.6 Å². The average Bonchev–Trinajstić information content (AvgIpc) is 2.27. The zero-order valence-corrected chi connectivity index (χ0v) is 10.1. The van der Waals surface area contributed by atoms with Crippen molar-refractivity contribution in [2.45, 2.75) is 32.6 Å². The van der Waals surface area contributed by atoms with E-state index < -0.39 is 0 Å². The molecule has 0 radical (unpaired) electrons. The standard InChI is InChI=1S/C13H18ClF/c1-3-10(4-2)13(9-14)11-5-7-12(15)8-6-11/h5-8,10,13H,3-4,9H2,1-2H3. The predicted octanol–water partition coefficient (Wildman–Crippen LogP) is 4.58. The summed E-state index contributed by atoms with van der Waals surface area (Å²) in [6.45, 7) is 4.36. The van der Waals surface area contributed by atoms with E-state index in [-0.39, 0.29) is 5.82 Å². The van der Waals surface area contributed by atoms with E-state index in [0.717, 1.165) is 18.4 Å². The smallest absolute Gasteiger partial charge is 0.123 e. The van der Waals surface area contributed by atoms with Gasteiger partial charge in [0.05, 0.1) is 0 Å². The number of halogens is 2. The predicted molar refractivity (Wildman–Crippen MR) is 63.9 cm³/mol. The third-order valence-electron chi connectivity index (χ3n) is 3.08. The van der Waals surface area contributed by atoms with Crippen molar-refractivity contribution >= 4 is 11.6 Å². The minimum absolute atomic E-state index is 0.184. The Labute approximate surface area is 96.5 Å². The minimum Gasteiger partial charge on any atom is -0.207 e. The Bertz CT molecular complexity index is 277. The van der Waals surface area contributed by atoms with Gasteiger partial charge in [0.15, 0.2) is 0 Å². The third-order valence-corrected chi connectivity index (χ3v) is 3.41. The van der Waals surface area contributed by atoms with Gasteiger partial charge in [0.25, 0.3) is 0 Å². The van der Waals surface area contributed by atoms with Crippen molar-refractivity contribution in [1.29, 1.82) is 0 Å². The molecule has 2 heteroatoms. The van der Waals surface area contributed by atoms with Gasteiger partial charge in [-0.2, -0.15) is 0 Å². The number of alkyl halides is 1. The zero-order chi connectivity index (χ0) is 11.3. The fourth-order valence-corrected chi connectivity index (χ4v) is 2.49. The van der Waals surface area contributed by atoms with Crippen LogP contribution in [0.25, 0.3) is 0 Å². The Hall–Kier alpha value is -0.560. The molecule has 15 heavy (non-hydrogen) atoms. The lowest BCUT2D eigenvalue weighted by Gasteiger charge is -2.23. The molecule has 0 bridgehead atoms. The normalized spacial score (nSPS) is 13.1. The summed E-state index contributed by atoms with van der Waals surface area (Å²) in [6.07, 6.45) is 2.23. The molecule has 0 spiro atoms. The molecular weight excluding hydrogens is 211 g/mol. The van der Waals surface area contributed by atoms with E-state index in [1.165, 1.54) is 12.1 Å². The van der Waals surface area contributed by atoms with Gasteiger partial charge in [0, 0.05) is 11.8 Å². The molecule has 1 unspecified atom stereocenters. The molecule has 1 atom stereocenters. The molecule has 84 valence electrons. The maximum Gasteiger partial charge on any atom is 0.123 e. The summed E-state index contributed by atoms with van der Waals surface area (Å²) in [4.78, 5) is 0. The van der Waals surface area contributed by atoms with Crippen LogP contribution in [-0.4, -0.2) is 5.88 Å². The minimum atomic E-state index is -0.184. The second-order valence-corrected chi connectivity index (χ2v) is 4.20. The Balaban J connectivity index is 2.86. The van der Waals surface area contributed by atoms with Crippen LogP contribution >= 0.6 is 11.6 Å². The van der Waals surface area contributed by atoms with Gasteiger partial charge in [-0.05, 0) is 23.6 Å². The number of benzene rings is 1. The van der Waals surface area contributed by atoms with Crippen LogP contribution in [0, 0.1) is 11.7 Å². The fourth-order valence-electron chi connectivity index (χ4n) is 2.05. The van der Waals surface area contributed by atoms with Crippen molar-refractivity contribution in [1.82, 2.24) is 0 Å². The molecule has 0 N–H and O–H groups in total. The molecule has 1 rings (SSSR count). The van der Waals surface area contributed by atoms with Crippen LogP contribution in [0.5, 0.6) is 0 Å². The molecule has 0 amide bonds. The van der Waals surface area contributed by atoms with Gasteiger partial charge in [-0.15, -0.1) is 11.6 Å². The number of hydrogen-bond acceptors (Lipinski definition) is 0. The van der Waals surface area contributed by atoms with Gasteiger partial charge in [-0.25, -0.2) is 4.39 Å². The van der Waals surface area contributed by atoms with Crippen LogP contribution in [0.15, 0.2) is 24.3 Å². The van der Waals surface area contributed by atoms with Crippen molar-refractivity contribution < 1.29 is 4.39 Å². The van der Waals surface area contributed by atoms with E-state index in [1.54, 1.807) is 0 Å². The summed E-state index contributed by atoms with van der Waals surface area (Å²) in [7, 11) is 0. The molecule has 0 fully saturated rings. The monoisotopic (exact) mass is 228 g/mol. The molecule has 0 aromatic heterocycles. The van der Waals surface area contributed by atoms with E-state index in [1.807, 2.05) is 12.1 Å². The van der Waals surface area contributed by atoms with E-state index in [0.29, 0.717) is 17.7 Å². The van der Waals surface area contributed by atoms with E-state index in [2.05, 4.69) is 13.8 Å². The Morgan fingerprint density at radius 2 is 1.67 bits per heavy atom. The van der Waals surface area contributed by atoms with Crippen LogP contribution in [0.2, 0.25) is 0 Å². The first-order chi connectivity index (χ1) is 7.22. The van der Waals surface area contributed by atoms with Gasteiger partial charge >= 0.3 is 0 Å².